The van der Waals surface area contributed by atoms with Gasteiger partial charge in [0.25, 0.3) is 5.91 Å². The van der Waals surface area contributed by atoms with Crippen LogP contribution in [0, 0.1) is 5.82 Å². The number of ether oxygens (including phenoxy) is 2. The monoisotopic (exact) mass is 485 g/mol. The highest BCUT2D eigenvalue weighted by Crippen LogP contribution is 2.28. The third-order valence-electron chi connectivity index (χ3n) is 6.08. The van der Waals surface area contributed by atoms with Crippen molar-refractivity contribution < 1.29 is 23.5 Å². The van der Waals surface area contributed by atoms with Crippen LogP contribution < -0.4 is 10.1 Å². The Hall–Kier alpha value is -4.19. The van der Waals surface area contributed by atoms with E-state index in [0.717, 1.165) is 21.9 Å². The molecular weight excluding hydrogens is 457 g/mol. The molecular formula is C30H28FNO4. The average molecular weight is 486 g/mol. The number of hydrogen-bond acceptors (Lipinski definition) is 4. The molecule has 6 heteroatoms. The zero-order valence-electron chi connectivity index (χ0n) is 20.3. The maximum Gasteiger partial charge on any atom is 0.305 e. The minimum atomic E-state index is -0.491. The highest BCUT2D eigenvalue weighted by Gasteiger charge is 2.18. The number of halogens is 1. The number of methoxy groups -OCH3 is 1. The molecule has 0 radical (unpaired) electrons. The summed E-state index contributed by atoms with van der Waals surface area (Å²) >= 11 is 0. The minimum Gasteiger partial charge on any atom is -0.469 e. The first kappa shape index (κ1) is 24.9. The SMILES string of the molecule is COC(=O)CCCc1ccc(Oc2ccccc2F)cc1C(=O)NC(C)c1cccc2ccccc12. The third kappa shape index (κ3) is 5.89. The van der Waals surface area contributed by atoms with E-state index in [1.165, 1.54) is 19.2 Å². The normalized spacial score (nSPS) is 11.6. The van der Waals surface area contributed by atoms with Gasteiger partial charge in [-0.1, -0.05) is 60.7 Å². The smallest absolute Gasteiger partial charge is 0.305 e. The molecule has 1 atom stereocenters. The molecule has 1 unspecified atom stereocenters. The molecule has 4 aromatic rings. The molecule has 1 N–H and O–H groups in total. The second-order valence-corrected chi connectivity index (χ2v) is 8.54. The topological polar surface area (TPSA) is 64.6 Å². The second kappa shape index (κ2) is 11.5. The van der Waals surface area contributed by atoms with Gasteiger partial charge >= 0.3 is 5.97 Å². The standard InChI is InChI=1S/C30H28FNO4/c1-20(24-13-7-10-21-9-3-4-12-25(21)24)32-30(34)26-19-23(36-28-15-6-5-14-27(28)31)18-17-22(26)11-8-16-29(33)35-2/h3-7,9-10,12-15,17-20H,8,11,16H2,1-2H3,(H,32,34). The second-order valence-electron chi connectivity index (χ2n) is 8.54. The molecule has 0 aromatic heterocycles. The van der Waals surface area contributed by atoms with Crippen LogP contribution >= 0.6 is 0 Å². The van der Waals surface area contributed by atoms with Gasteiger partial charge < -0.3 is 14.8 Å². The lowest BCUT2D eigenvalue weighted by atomic mass is 9.98. The highest BCUT2D eigenvalue weighted by molar-refractivity contribution is 5.97. The number of amides is 1. The van der Waals surface area contributed by atoms with Crippen molar-refractivity contribution in [2.75, 3.05) is 7.11 Å². The van der Waals surface area contributed by atoms with E-state index in [1.807, 2.05) is 49.4 Å². The van der Waals surface area contributed by atoms with E-state index in [1.54, 1.807) is 30.3 Å². The summed E-state index contributed by atoms with van der Waals surface area (Å²) in [6.07, 6.45) is 1.28. The van der Waals surface area contributed by atoms with Crippen LogP contribution in [0.3, 0.4) is 0 Å². The van der Waals surface area contributed by atoms with Crippen molar-refractivity contribution in [3.8, 4) is 11.5 Å². The summed E-state index contributed by atoms with van der Waals surface area (Å²) < 4.78 is 24.6. The Balaban J connectivity index is 1.60. The van der Waals surface area contributed by atoms with Crippen LogP contribution in [0.15, 0.2) is 84.9 Å². The molecule has 1 amide bonds. The first-order valence-corrected chi connectivity index (χ1v) is 11.9. The first-order chi connectivity index (χ1) is 17.5. The fraction of sp³-hybridized carbons (Fsp3) is 0.200. The quantitative estimate of drug-likeness (QED) is 0.266. The molecule has 0 aliphatic carbocycles. The Morgan fingerprint density at radius 1 is 0.944 bits per heavy atom. The first-order valence-electron chi connectivity index (χ1n) is 11.9. The van der Waals surface area contributed by atoms with Crippen molar-refractivity contribution in [2.45, 2.75) is 32.2 Å². The van der Waals surface area contributed by atoms with E-state index in [9.17, 15) is 14.0 Å². The number of carbonyl (C=O) groups excluding carboxylic acids is 2. The molecule has 5 nitrogen and oxygen atoms in total. The average Bonchev–Trinajstić information content (AvgIpc) is 2.90. The van der Waals surface area contributed by atoms with Gasteiger partial charge in [-0.2, -0.15) is 0 Å². The molecule has 0 aliphatic heterocycles. The lowest BCUT2D eigenvalue weighted by Crippen LogP contribution is -2.27. The largest absolute Gasteiger partial charge is 0.469 e. The van der Waals surface area contributed by atoms with Crippen molar-refractivity contribution in [2.24, 2.45) is 0 Å². The molecule has 0 spiro atoms. The van der Waals surface area contributed by atoms with Crippen LogP contribution in [-0.2, 0) is 16.0 Å². The van der Waals surface area contributed by atoms with Gasteiger partial charge in [0.2, 0.25) is 0 Å². The van der Waals surface area contributed by atoms with Crippen molar-refractivity contribution >= 4 is 22.6 Å². The van der Waals surface area contributed by atoms with Crippen LogP contribution in [0.5, 0.6) is 11.5 Å². The number of esters is 1. The summed E-state index contributed by atoms with van der Waals surface area (Å²) in [5, 5.41) is 5.27. The lowest BCUT2D eigenvalue weighted by Gasteiger charge is -2.19. The Bertz CT molecular complexity index is 1380. The summed E-state index contributed by atoms with van der Waals surface area (Å²) in [4.78, 5) is 25.0. The molecule has 36 heavy (non-hydrogen) atoms. The predicted molar refractivity (Wildman–Crippen MR) is 138 cm³/mol. The van der Waals surface area contributed by atoms with Gasteiger partial charge in [-0.05, 0) is 65.9 Å². The zero-order valence-corrected chi connectivity index (χ0v) is 20.3. The van der Waals surface area contributed by atoms with E-state index < -0.39 is 5.82 Å². The molecule has 0 saturated heterocycles. The Morgan fingerprint density at radius 3 is 2.50 bits per heavy atom. The fourth-order valence-electron chi connectivity index (χ4n) is 4.21. The van der Waals surface area contributed by atoms with E-state index in [4.69, 9.17) is 9.47 Å². The van der Waals surface area contributed by atoms with Gasteiger partial charge in [0.15, 0.2) is 11.6 Å². The number of nitrogens with one attached hydrogen (secondary N) is 1. The maximum absolute atomic E-state index is 14.1. The third-order valence-corrected chi connectivity index (χ3v) is 6.08. The van der Waals surface area contributed by atoms with E-state index in [2.05, 4.69) is 5.32 Å². The van der Waals surface area contributed by atoms with Crippen molar-refractivity contribution in [3.63, 3.8) is 0 Å². The van der Waals surface area contributed by atoms with Crippen molar-refractivity contribution in [3.05, 3.63) is 107 Å². The van der Waals surface area contributed by atoms with Crippen LogP contribution in [-0.4, -0.2) is 19.0 Å². The van der Waals surface area contributed by atoms with Crippen LogP contribution in [0.2, 0.25) is 0 Å². The maximum atomic E-state index is 14.1. The summed E-state index contributed by atoms with van der Waals surface area (Å²) in [5.41, 5.74) is 2.19. The Labute approximate surface area is 209 Å². The highest BCUT2D eigenvalue weighted by atomic mass is 19.1. The molecule has 0 heterocycles. The molecule has 184 valence electrons. The zero-order chi connectivity index (χ0) is 25.5. The number of para-hydroxylation sites is 1. The van der Waals surface area contributed by atoms with Crippen molar-refractivity contribution in [1.82, 2.24) is 5.32 Å². The van der Waals surface area contributed by atoms with Crippen molar-refractivity contribution in [1.29, 1.82) is 0 Å². The Morgan fingerprint density at radius 2 is 1.69 bits per heavy atom. The number of carbonyl (C=O) groups is 2. The number of hydrogen-bond donors (Lipinski definition) is 1. The molecule has 0 bridgehead atoms. The van der Waals surface area contributed by atoms with E-state index in [-0.39, 0.29) is 30.1 Å². The molecule has 0 fully saturated rings. The van der Waals surface area contributed by atoms with Gasteiger partial charge in [0.1, 0.15) is 5.75 Å². The fourth-order valence-corrected chi connectivity index (χ4v) is 4.21. The predicted octanol–water partition coefficient (Wildman–Crippen LogP) is 6.76. The van der Waals surface area contributed by atoms with Gasteiger partial charge in [-0.25, -0.2) is 4.39 Å². The summed E-state index contributed by atoms with van der Waals surface area (Å²) in [6, 6.07) is 25.0. The molecule has 4 rings (SSSR count). The Kier molecular flexibility index (Phi) is 7.95. The van der Waals surface area contributed by atoms with Crippen LogP contribution in [0.25, 0.3) is 10.8 Å². The molecule has 0 saturated carbocycles. The van der Waals surface area contributed by atoms with Gasteiger partial charge in [-0.15, -0.1) is 0 Å². The summed E-state index contributed by atoms with van der Waals surface area (Å²) in [6.45, 7) is 1.94. The van der Waals surface area contributed by atoms with Crippen LogP contribution in [0.4, 0.5) is 4.39 Å². The van der Waals surface area contributed by atoms with Crippen LogP contribution in [0.1, 0.15) is 47.3 Å². The number of aryl methyl sites for hydroxylation is 1. The molecule has 4 aromatic carbocycles. The number of rotatable bonds is 9. The van der Waals surface area contributed by atoms with Gasteiger partial charge in [0, 0.05) is 12.0 Å². The summed E-state index contributed by atoms with van der Waals surface area (Å²) in [5.74, 6) is -0.644. The van der Waals surface area contributed by atoms with Gasteiger partial charge in [-0.3, -0.25) is 9.59 Å². The molecule has 0 aliphatic rings. The minimum absolute atomic E-state index is 0.0754. The van der Waals surface area contributed by atoms with E-state index in [0.29, 0.717) is 24.2 Å². The lowest BCUT2D eigenvalue weighted by molar-refractivity contribution is -0.140. The summed E-state index contributed by atoms with van der Waals surface area (Å²) in [7, 11) is 1.35. The van der Waals surface area contributed by atoms with Gasteiger partial charge in [0.05, 0.1) is 13.2 Å². The number of fused-ring (bicyclic) bond motifs is 1. The number of benzene rings is 4. The van der Waals surface area contributed by atoms with E-state index >= 15 is 0 Å².